The number of aromatic nitrogens is 2. The number of carbonyl (C=O) groups excluding carboxylic acids is 1. The lowest BCUT2D eigenvalue weighted by Crippen LogP contribution is -2.41. The van der Waals surface area contributed by atoms with Crippen LogP contribution in [0.25, 0.3) is 11.4 Å². The molecule has 0 bridgehead atoms. The number of piperidine rings is 1. The number of rotatable bonds is 7. The Morgan fingerprint density at radius 2 is 1.97 bits per heavy atom. The molecule has 1 unspecified atom stereocenters. The first kappa shape index (κ1) is 23.6. The Bertz CT molecular complexity index is 1110. The fourth-order valence-corrected chi connectivity index (χ4v) is 4.70. The van der Waals surface area contributed by atoms with Gasteiger partial charge in [0, 0.05) is 16.0 Å². The highest BCUT2D eigenvalue weighted by molar-refractivity contribution is 9.10. The van der Waals surface area contributed by atoms with E-state index in [1.54, 1.807) is 0 Å². The number of likely N-dealkylation sites (tertiary alicyclic amines) is 1. The third-order valence-corrected chi connectivity index (χ3v) is 7.02. The van der Waals surface area contributed by atoms with Gasteiger partial charge in [0.15, 0.2) is 0 Å². The van der Waals surface area contributed by atoms with Crippen molar-refractivity contribution < 1.29 is 9.32 Å². The van der Waals surface area contributed by atoms with Crippen LogP contribution in [0, 0.1) is 19.8 Å². The number of amides is 1. The second-order valence-corrected chi connectivity index (χ2v) is 9.80. The van der Waals surface area contributed by atoms with E-state index in [2.05, 4.69) is 75.3 Å². The van der Waals surface area contributed by atoms with Crippen molar-refractivity contribution in [3.05, 3.63) is 69.5 Å². The second-order valence-electron chi connectivity index (χ2n) is 8.89. The van der Waals surface area contributed by atoms with Crippen LogP contribution in [0.4, 0.5) is 0 Å². The van der Waals surface area contributed by atoms with E-state index < -0.39 is 0 Å². The molecule has 0 spiro atoms. The lowest BCUT2D eigenvalue weighted by Gasteiger charge is -2.31. The van der Waals surface area contributed by atoms with Gasteiger partial charge in [-0.25, -0.2) is 0 Å². The summed E-state index contributed by atoms with van der Waals surface area (Å²) in [6.45, 7) is 8.64. The Hall–Kier alpha value is -2.51. The van der Waals surface area contributed by atoms with Crippen LogP contribution in [0.5, 0.6) is 0 Å². The predicted molar refractivity (Wildman–Crippen MR) is 133 cm³/mol. The molecule has 7 heteroatoms. The molecule has 1 N–H and O–H groups in total. The molecule has 1 fully saturated rings. The molecule has 174 valence electrons. The van der Waals surface area contributed by atoms with Crippen molar-refractivity contribution in [3.63, 3.8) is 0 Å². The summed E-state index contributed by atoms with van der Waals surface area (Å²) in [5, 5.41) is 7.41. The van der Waals surface area contributed by atoms with Crippen molar-refractivity contribution in [3.8, 4) is 11.4 Å². The highest BCUT2D eigenvalue weighted by Crippen LogP contribution is 2.25. The van der Waals surface area contributed by atoms with Gasteiger partial charge in [-0.15, -0.1) is 0 Å². The average molecular weight is 511 g/mol. The average Bonchev–Trinajstić information content (AvgIpc) is 3.28. The number of nitrogens with zero attached hydrogens (tertiary/aromatic N) is 3. The van der Waals surface area contributed by atoms with Crippen LogP contribution in [-0.4, -0.2) is 34.0 Å². The fraction of sp³-hybridized carbons (Fsp3) is 0.423. The first-order valence-electron chi connectivity index (χ1n) is 11.6. The fourth-order valence-electron chi connectivity index (χ4n) is 4.30. The number of halogens is 1. The smallest absolute Gasteiger partial charge is 0.241 e. The van der Waals surface area contributed by atoms with Gasteiger partial charge in [0.05, 0.1) is 12.6 Å². The summed E-state index contributed by atoms with van der Waals surface area (Å²) in [5.41, 5.74) is 4.64. The molecule has 1 aliphatic rings. The Labute approximate surface area is 203 Å². The Balaban J connectivity index is 1.29. The molecule has 1 aliphatic heterocycles. The van der Waals surface area contributed by atoms with Gasteiger partial charge in [-0.2, -0.15) is 4.98 Å². The number of hydrogen-bond acceptors (Lipinski definition) is 5. The minimum Gasteiger partial charge on any atom is -0.349 e. The van der Waals surface area contributed by atoms with Gasteiger partial charge in [-0.3, -0.25) is 9.69 Å². The van der Waals surface area contributed by atoms with E-state index in [0.717, 1.165) is 42.4 Å². The maximum Gasteiger partial charge on any atom is 0.241 e. The molecule has 6 nitrogen and oxygen atoms in total. The zero-order chi connectivity index (χ0) is 23.4. The van der Waals surface area contributed by atoms with E-state index in [9.17, 15) is 4.79 Å². The molecule has 1 amide bonds. The lowest BCUT2D eigenvalue weighted by molar-refractivity contribution is -0.127. The van der Waals surface area contributed by atoms with E-state index in [0.29, 0.717) is 18.3 Å². The highest BCUT2D eigenvalue weighted by atomic mass is 79.9. The van der Waals surface area contributed by atoms with Crippen LogP contribution >= 0.6 is 15.9 Å². The third-order valence-electron chi connectivity index (χ3n) is 6.53. The molecular formula is C26H31BrN4O2. The van der Waals surface area contributed by atoms with Gasteiger partial charge >= 0.3 is 0 Å². The minimum absolute atomic E-state index is 0.0433. The lowest BCUT2D eigenvalue weighted by atomic mass is 9.94. The SMILES string of the molecule is CCC(NC(=O)C1CCN(Cc2nc(-c3cccc(Br)c3)no2)CC1)c1ccc(C)c(C)c1. The number of nitrogens with one attached hydrogen (secondary N) is 1. The summed E-state index contributed by atoms with van der Waals surface area (Å²) in [6, 6.07) is 14.4. The van der Waals surface area contributed by atoms with E-state index in [1.165, 1.54) is 16.7 Å². The first-order chi connectivity index (χ1) is 15.9. The quantitative estimate of drug-likeness (QED) is 0.448. The van der Waals surface area contributed by atoms with Crippen LogP contribution < -0.4 is 5.32 Å². The number of hydrogen-bond donors (Lipinski definition) is 1. The molecule has 1 saturated heterocycles. The molecule has 3 aromatic rings. The van der Waals surface area contributed by atoms with Crippen molar-refractivity contribution in [1.29, 1.82) is 0 Å². The molecule has 1 atom stereocenters. The molecule has 0 saturated carbocycles. The van der Waals surface area contributed by atoms with Gasteiger partial charge in [0.25, 0.3) is 0 Å². The molecule has 2 heterocycles. The van der Waals surface area contributed by atoms with Gasteiger partial charge in [-0.1, -0.05) is 58.3 Å². The second kappa shape index (κ2) is 10.6. The summed E-state index contributed by atoms with van der Waals surface area (Å²) in [4.78, 5) is 19.8. The van der Waals surface area contributed by atoms with Crippen molar-refractivity contribution in [2.45, 2.75) is 52.6 Å². The number of carbonyl (C=O) groups is 1. The van der Waals surface area contributed by atoms with E-state index in [1.807, 2.05) is 24.3 Å². The molecule has 0 radical (unpaired) electrons. The number of aryl methyl sites for hydroxylation is 2. The normalized spacial score (nSPS) is 16.0. The summed E-state index contributed by atoms with van der Waals surface area (Å²) >= 11 is 3.47. The summed E-state index contributed by atoms with van der Waals surface area (Å²) in [7, 11) is 0. The monoisotopic (exact) mass is 510 g/mol. The Morgan fingerprint density at radius 1 is 1.18 bits per heavy atom. The third kappa shape index (κ3) is 5.89. The van der Waals surface area contributed by atoms with Gasteiger partial charge in [-0.05, 0) is 75.0 Å². The van der Waals surface area contributed by atoms with Gasteiger partial charge in [0.2, 0.25) is 17.6 Å². The summed E-state index contributed by atoms with van der Waals surface area (Å²) in [6.07, 6.45) is 2.55. The molecule has 33 heavy (non-hydrogen) atoms. The Morgan fingerprint density at radius 3 is 2.67 bits per heavy atom. The maximum atomic E-state index is 13.0. The molecule has 4 rings (SSSR count). The Kier molecular flexibility index (Phi) is 7.60. The topological polar surface area (TPSA) is 71.3 Å². The van der Waals surface area contributed by atoms with Crippen molar-refractivity contribution in [2.24, 2.45) is 5.92 Å². The summed E-state index contributed by atoms with van der Waals surface area (Å²) < 4.78 is 6.45. The summed E-state index contributed by atoms with van der Waals surface area (Å²) in [5.74, 6) is 1.40. The van der Waals surface area contributed by atoms with Gasteiger partial charge in [0.1, 0.15) is 0 Å². The van der Waals surface area contributed by atoms with E-state index >= 15 is 0 Å². The maximum absolute atomic E-state index is 13.0. The molecular weight excluding hydrogens is 480 g/mol. The first-order valence-corrected chi connectivity index (χ1v) is 12.4. The van der Waals surface area contributed by atoms with Crippen molar-refractivity contribution >= 4 is 21.8 Å². The predicted octanol–water partition coefficient (Wildman–Crippen LogP) is 5.60. The zero-order valence-electron chi connectivity index (χ0n) is 19.5. The van der Waals surface area contributed by atoms with Gasteiger partial charge < -0.3 is 9.84 Å². The van der Waals surface area contributed by atoms with Crippen LogP contribution in [0.2, 0.25) is 0 Å². The van der Waals surface area contributed by atoms with E-state index in [-0.39, 0.29) is 17.9 Å². The van der Waals surface area contributed by atoms with Crippen LogP contribution in [-0.2, 0) is 11.3 Å². The van der Waals surface area contributed by atoms with Crippen LogP contribution in [0.3, 0.4) is 0 Å². The van der Waals surface area contributed by atoms with Crippen LogP contribution in [0.15, 0.2) is 51.5 Å². The van der Waals surface area contributed by atoms with E-state index in [4.69, 9.17) is 4.52 Å². The molecule has 1 aromatic heterocycles. The van der Waals surface area contributed by atoms with Crippen LogP contribution in [0.1, 0.15) is 54.8 Å². The molecule has 0 aliphatic carbocycles. The molecule has 2 aromatic carbocycles. The zero-order valence-corrected chi connectivity index (χ0v) is 21.1. The number of benzene rings is 2. The van der Waals surface area contributed by atoms with Crippen molar-refractivity contribution in [2.75, 3.05) is 13.1 Å². The minimum atomic E-state index is 0.0433. The van der Waals surface area contributed by atoms with Crippen molar-refractivity contribution in [1.82, 2.24) is 20.4 Å². The highest BCUT2D eigenvalue weighted by Gasteiger charge is 2.27. The largest absolute Gasteiger partial charge is 0.349 e. The standard InChI is InChI=1S/C26H31BrN4O2/c1-4-23(20-9-8-17(2)18(3)14-20)28-26(32)19-10-12-31(13-11-19)16-24-29-25(30-33-24)21-6-5-7-22(27)15-21/h5-9,14-15,19,23H,4,10-13,16H2,1-3H3,(H,28,32).